The normalized spacial score (nSPS) is 11.1. The third-order valence-electron chi connectivity index (χ3n) is 3.40. The minimum atomic E-state index is -0.797. The summed E-state index contributed by atoms with van der Waals surface area (Å²) in [6.45, 7) is 0. The van der Waals surface area contributed by atoms with Crippen LogP contribution in [0.15, 0.2) is 60.7 Å². The number of rotatable bonds is 5. The molecule has 1 N–H and O–H groups in total. The van der Waals surface area contributed by atoms with Gasteiger partial charge in [-0.2, -0.15) is 5.26 Å². The van der Waals surface area contributed by atoms with E-state index in [2.05, 4.69) is 5.32 Å². The smallest absolute Gasteiger partial charge is 0.258 e. The molecule has 0 aliphatic heterocycles. The maximum Gasteiger partial charge on any atom is 0.258 e. The molecule has 0 fully saturated rings. The lowest BCUT2D eigenvalue weighted by molar-refractivity contribution is -0.129. The molecule has 0 saturated heterocycles. The average Bonchev–Trinajstić information content (AvgIpc) is 2.61. The summed E-state index contributed by atoms with van der Waals surface area (Å²) in [5.41, 5.74) is 1.38. The number of benzene rings is 2. The largest absolute Gasteiger partial charge is 0.340 e. The first-order chi connectivity index (χ1) is 11.1. The Morgan fingerprint density at radius 2 is 1.65 bits per heavy atom. The van der Waals surface area contributed by atoms with Crippen LogP contribution >= 0.6 is 0 Å². The van der Waals surface area contributed by atoms with Gasteiger partial charge in [0.1, 0.15) is 6.04 Å². The number of hydrogen-bond donors (Lipinski definition) is 1. The van der Waals surface area contributed by atoms with Crippen molar-refractivity contribution in [3.05, 3.63) is 71.8 Å². The predicted molar refractivity (Wildman–Crippen MR) is 86.2 cm³/mol. The van der Waals surface area contributed by atoms with Crippen LogP contribution in [-0.4, -0.2) is 29.8 Å². The van der Waals surface area contributed by atoms with Crippen molar-refractivity contribution in [3.8, 4) is 6.19 Å². The Hall–Kier alpha value is -3.13. The Morgan fingerprint density at radius 1 is 1.09 bits per heavy atom. The highest BCUT2D eigenvalue weighted by molar-refractivity contribution is 5.97. The maximum atomic E-state index is 12.3. The van der Waals surface area contributed by atoms with Crippen molar-refractivity contribution in [1.82, 2.24) is 10.2 Å². The zero-order valence-electron chi connectivity index (χ0n) is 12.8. The molecule has 0 heterocycles. The number of carbonyl (C=O) groups is 2. The van der Waals surface area contributed by atoms with E-state index in [1.807, 2.05) is 36.4 Å². The van der Waals surface area contributed by atoms with Gasteiger partial charge in [0.25, 0.3) is 11.8 Å². The van der Waals surface area contributed by atoms with Gasteiger partial charge < -0.3 is 5.32 Å². The SMILES string of the molecule is CN(C#N)C(=O)[C@H](Cc1ccccc1)NC(=O)c1ccccc1. The van der Waals surface area contributed by atoms with Crippen molar-refractivity contribution >= 4 is 11.8 Å². The molecule has 0 spiro atoms. The molecular weight excluding hydrogens is 290 g/mol. The molecular formula is C18H17N3O2. The van der Waals surface area contributed by atoms with Crippen LogP contribution in [0.25, 0.3) is 0 Å². The van der Waals surface area contributed by atoms with Crippen LogP contribution in [0.3, 0.4) is 0 Å². The molecule has 116 valence electrons. The number of likely N-dealkylation sites (N-methyl/N-ethyl adjacent to an activating group) is 1. The highest BCUT2D eigenvalue weighted by Crippen LogP contribution is 2.07. The quantitative estimate of drug-likeness (QED) is 0.678. The van der Waals surface area contributed by atoms with E-state index >= 15 is 0 Å². The molecule has 0 aliphatic rings. The number of nitrogens with one attached hydrogen (secondary N) is 1. The fraction of sp³-hybridized carbons (Fsp3) is 0.167. The van der Waals surface area contributed by atoms with Crippen LogP contribution in [0.1, 0.15) is 15.9 Å². The molecule has 0 bridgehead atoms. The highest BCUT2D eigenvalue weighted by atomic mass is 16.2. The van der Waals surface area contributed by atoms with E-state index < -0.39 is 11.9 Å². The van der Waals surface area contributed by atoms with E-state index in [0.717, 1.165) is 10.5 Å². The second-order valence-corrected chi connectivity index (χ2v) is 5.08. The molecule has 23 heavy (non-hydrogen) atoms. The van der Waals surface area contributed by atoms with Crippen molar-refractivity contribution < 1.29 is 9.59 Å². The summed E-state index contributed by atoms with van der Waals surface area (Å²) in [4.78, 5) is 25.6. The first-order valence-electron chi connectivity index (χ1n) is 7.19. The molecule has 0 aliphatic carbocycles. The van der Waals surface area contributed by atoms with E-state index in [1.54, 1.807) is 30.5 Å². The van der Waals surface area contributed by atoms with Crippen molar-refractivity contribution in [3.63, 3.8) is 0 Å². The minimum Gasteiger partial charge on any atom is -0.340 e. The Balaban J connectivity index is 2.18. The lowest BCUT2D eigenvalue weighted by Gasteiger charge is -2.20. The fourth-order valence-corrected chi connectivity index (χ4v) is 2.16. The van der Waals surface area contributed by atoms with Gasteiger partial charge in [-0.3, -0.25) is 14.5 Å². The van der Waals surface area contributed by atoms with Crippen LogP contribution in [0, 0.1) is 11.5 Å². The third-order valence-corrected chi connectivity index (χ3v) is 3.40. The van der Waals surface area contributed by atoms with Crippen molar-refractivity contribution in [2.24, 2.45) is 0 Å². The van der Waals surface area contributed by atoms with Gasteiger partial charge in [-0.05, 0) is 17.7 Å². The Kier molecular flexibility index (Phi) is 5.48. The van der Waals surface area contributed by atoms with Crippen molar-refractivity contribution in [2.45, 2.75) is 12.5 Å². The van der Waals surface area contributed by atoms with Gasteiger partial charge in [-0.25, -0.2) is 0 Å². The van der Waals surface area contributed by atoms with Crippen LogP contribution < -0.4 is 5.32 Å². The van der Waals surface area contributed by atoms with Crippen LogP contribution in [0.2, 0.25) is 0 Å². The highest BCUT2D eigenvalue weighted by Gasteiger charge is 2.24. The fourth-order valence-electron chi connectivity index (χ4n) is 2.16. The summed E-state index contributed by atoms with van der Waals surface area (Å²) < 4.78 is 0. The molecule has 2 aromatic rings. The summed E-state index contributed by atoms with van der Waals surface area (Å²) in [5, 5.41) is 11.6. The first-order valence-corrected chi connectivity index (χ1v) is 7.19. The molecule has 2 rings (SSSR count). The standard InChI is InChI=1S/C18H17N3O2/c1-21(13-19)18(23)16(12-14-8-4-2-5-9-14)20-17(22)15-10-6-3-7-11-15/h2-11,16H,12H2,1H3,(H,20,22)/t16-/m0/s1. The molecule has 0 radical (unpaired) electrons. The molecule has 2 amide bonds. The topological polar surface area (TPSA) is 73.2 Å². The zero-order valence-corrected chi connectivity index (χ0v) is 12.8. The Morgan fingerprint density at radius 3 is 2.22 bits per heavy atom. The van der Waals surface area contributed by atoms with Crippen LogP contribution in [-0.2, 0) is 11.2 Å². The number of amides is 2. The average molecular weight is 307 g/mol. The maximum absolute atomic E-state index is 12.3. The molecule has 2 aromatic carbocycles. The molecule has 1 atom stereocenters. The molecule has 0 aromatic heterocycles. The van der Waals surface area contributed by atoms with Crippen LogP contribution in [0.4, 0.5) is 0 Å². The lowest BCUT2D eigenvalue weighted by atomic mass is 10.0. The monoisotopic (exact) mass is 307 g/mol. The second-order valence-electron chi connectivity index (χ2n) is 5.08. The molecule has 0 unspecified atom stereocenters. The van der Waals surface area contributed by atoms with Crippen molar-refractivity contribution in [2.75, 3.05) is 7.05 Å². The minimum absolute atomic E-state index is 0.324. The Bertz CT molecular complexity index is 708. The number of hydrogen-bond acceptors (Lipinski definition) is 3. The molecule has 5 heteroatoms. The summed E-state index contributed by atoms with van der Waals surface area (Å²) in [6, 6.07) is 17.2. The van der Waals surface area contributed by atoms with Gasteiger partial charge >= 0.3 is 0 Å². The summed E-state index contributed by atoms with van der Waals surface area (Å²) in [7, 11) is 1.38. The second kappa shape index (κ2) is 7.76. The number of nitriles is 1. The predicted octanol–water partition coefficient (Wildman–Crippen LogP) is 1.97. The number of carbonyl (C=O) groups excluding carboxylic acids is 2. The van der Waals surface area contributed by atoms with Gasteiger partial charge in [-0.15, -0.1) is 0 Å². The molecule has 5 nitrogen and oxygen atoms in total. The van der Waals surface area contributed by atoms with E-state index in [9.17, 15) is 9.59 Å². The van der Waals surface area contributed by atoms with Gasteiger partial charge in [-0.1, -0.05) is 48.5 Å². The summed E-state index contributed by atoms with van der Waals surface area (Å²) in [6.07, 6.45) is 2.10. The Labute approximate surface area is 135 Å². The number of nitrogens with zero attached hydrogens (tertiary/aromatic N) is 2. The van der Waals surface area contributed by atoms with E-state index in [0.29, 0.717) is 12.0 Å². The summed E-state index contributed by atoms with van der Waals surface area (Å²) in [5.74, 6) is -0.785. The van der Waals surface area contributed by atoms with E-state index in [-0.39, 0.29) is 5.91 Å². The van der Waals surface area contributed by atoms with Gasteiger partial charge in [0, 0.05) is 19.0 Å². The lowest BCUT2D eigenvalue weighted by Crippen LogP contribution is -2.47. The van der Waals surface area contributed by atoms with E-state index in [1.165, 1.54) is 7.05 Å². The van der Waals surface area contributed by atoms with Gasteiger partial charge in [0.15, 0.2) is 6.19 Å². The van der Waals surface area contributed by atoms with Gasteiger partial charge in [0.05, 0.1) is 0 Å². The van der Waals surface area contributed by atoms with Crippen LogP contribution in [0.5, 0.6) is 0 Å². The van der Waals surface area contributed by atoms with Gasteiger partial charge in [0.2, 0.25) is 0 Å². The molecule has 0 saturated carbocycles. The first kappa shape index (κ1) is 16.2. The summed E-state index contributed by atoms with van der Waals surface area (Å²) >= 11 is 0. The third kappa shape index (κ3) is 4.42. The van der Waals surface area contributed by atoms with E-state index in [4.69, 9.17) is 5.26 Å². The van der Waals surface area contributed by atoms with Crippen molar-refractivity contribution in [1.29, 1.82) is 5.26 Å². The zero-order chi connectivity index (χ0) is 16.7.